The van der Waals surface area contributed by atoms with Crippen molar-refractivity contribution in [3.05, 3.63) is 16.6 Å². The average molecular weight is 249 g/mol. The Labute approximate surface area is 94.2 Å². The van der Waals surface area contributed by atoms with Crippen LogP contribution >= 0.6 is 11.3 Å². The van der Waals surface area contributed by atoms with E-state index in [9.17, 15) is 8.42 Å². The van der Waals surface area contributed by atoms with Gasteiger partial charge in [0.1, 0.15) is 5.01 Å². The SMILES string of the molecule is CN(C)S(=O)(=O)CCNCc1nccs1. The zero-order chi connectivity index (χ0) is 11.3. The predicted octanol–water partition coefficient (Wildman–Crippen LogP) is 0.124. The van der Waals surface area contributed by atoms with Gasteiger partial charge in [0.15, 0.2) is 0 Å². The van der Waals surface area contributed by atoms with Crippen LogP contribution in [0, 0.1) is 0 Å². The van der Waals surface area contributed by atoms with Gasteiger partial charge in [0, 0.05) is 38.8 Å². The van der Waals surface area contributed by atoms with Crippen LogP contribution in [0.5, 0.6) is 0 Å². The predicted molar refractivity (Wildman–Crippen MR) is 61.3 cm³/mol. The van der Waals surface area contributed by atoms with Crippen molar-refractivity contribution >= 4 is 21.4 Å². The highest BCUT2D eigenvalue weighted by Crippen LogP contribution is 2.02. The highest BCUT2D eigenvalue weighted by atomic mass is 32.2. The summed E-state index contributed by atoms with van der Waals surface area (Å²) in [6.45, 7) is 1.07. The van der Waals surface area contributed by atoms with Crippen molar-refractivity contribution in [1.29, 1.82) is 0 Å². The summed E-state index contributed by atoms with van der Waals surface area (Å²) in [6, 6.07) is 0. The first-order valence-corrected chi connectivity index (χ1v) is 7.00. The lowest BCUT2D eigenvalue weighted by molar-refractivity contribution is 0.517. The summed E-state index contributed by atoms with van der Waals surface area (Å²) < 4.78 is 24.0. The molecule has 0 radical (unpaired) electrons. The summed E-state index contributed by atoms with van der Waals surface area (Å²) in [5.74, 6) is 0.116. The van der Waals surface area contributed by atoms with Gasteiger partial charge in [-0.3, -0.25) is 0 Å². The molecule has 1 heterocycles. The van der Waals surface area contributed by atoms with Gasteiger partial charge in [-0.25, -0.2) is 17.7 Å². The molecule has 1 N–H and O–H groups in total. The summed E-state index contributed by atoms with van der Waals surface area (Å²) in [5.41, 5.74) is 0. The first kappa shape index (κ1) is 12.6. The van der Waals surface area contributed by atoms with Gasteiger partial charge < -0.3 is 5.32 Å². The Bertz CT molecular complexity index is 373. The van der Waals surface area contributed by atoms with Crippen molar-refractivity contribution in [3.8, 4) is 0 Å². The van der Waals surface area contributed by atoms with E-state index >= 15 is 0 Å². The lowest BCUT2D eigenvalue weighted by Gasteiger charge is -2.10. The van der Waals surface area contributed by atoms with Gasteiger partial charge in [0.2, 0.25) is 10.0 Å². The molecule has 0 aromatic carbocycles. The molecular weight excluding hydrogens is 234 g/mol. The number of aromatic nitrogens is 1. The molecule has 0 fully saturated rings. The van der Waals surface area contributed by atoms with Crippen molar-refractivity contribution in [3.63, 3.8) is 0 Å². The second-order valence-electron chi connectivity index (χ2n) is 3.20. The molecule has 0 atom stereocenters. The maximum absolute atomic E-state index is 11.4. The normalized spacial score (nSPS) is 12.2. The van der Waals surface area contributed by atoms with E-state index in [-0.39, 0.29) is 5.75 Å². The Morgan fingerprint density at radius 3 is 2.80 bits per heavy atom. The van der Waals surface area contributed by atoms with E-state index in [4.69, 9.17) is 0 Å². The molecule has 1 rings (SSSR count). The van der Waals surface area contributed by atoms with Gasteiger partial charge in [-0.1, -0.05) is 0 Å². The van der Waals surface area contributed by atoms with Crippen molar-refractivity contribution in [1.82, 2.24) is 14.6 Å². The molecule has 5 nitrogen and oxygen atoms in total. The van der Waals surface area contributed by atoms with Crippen LogP contribution in [0.1, 0.15) is 5.01 Å². The van der Waals surface area contributed by atoms with Crippen LogP contribution in [-0.4, -0.2) is 44.1 Å². The Hall–Kier alpha value is -0.500. The first-order chi connectivity index (χ1) is 7.02. The van der Waals surface area contributed by atoms with E-state index in [1.165, 1.54) is 18.4 Å². The number of nitrogens with one attached hydrogen (secondary N) is 1. The van der Waals surface area contributed by atoms with Gasteiger partial charge >= 0.3 is 0 Å². The maximum Gasteiger partial charge on any atom is 0.214 e. The zero-order valence-corrected chi connectivity index (χ0v) is 10.4. The zero-order valence-electron chi connectivity index (χ0n) is 8.80. The topological polar surface area (TPSA) is 62.3 Å². The van der Waals surface area contributed by atoms with Gasteiger partial charge in [-0.05, 0) is 0 Å². The molecule has 0 spiro atoms. The Morgan fingerprint density at radius 2 is 2.27 bits per heavy atom. The third kappa shape index (κ3) is 4.25. The molecule has 0 bridgehead atoms. The van der Waals surface area contributed by atoms with Crippen molar-refractivity contribution in [2.75, 3.05) is 26.4 Å². The summed E-state index contributed by atoms with van der Waals surface area (Å²) in [4.78, 5) is 4.08. The second-order valence-corrected chi connectivity index (χ2v) is 6.48. The second kappa shape index (κ2) is 5.55. The minimum Gasteiger partial charge on any atom is -0.309 e. The number of hydrogen-bond donors (Lipinski definition) is 1. The molecule has 7 heteroatoms. The number of nitrogens with zero attached hydrogens (tertiary/aromatic N) is 2. The third-order valence-electron chi connectivity index (χ3n) is 1.85. The highest BCUT2D eigenvalue weighted by Gasteiger charge is 2.12. The van der Waals surface area contributed by atoms with E-state index in [1.807, 2.05) is 5.38 Å². The molecule has 0 aliphatic rings. The Kier molecular flexibility index (Phi) is 4.65. The van der Waals surface area contributed by atoms with Crippen LogP contribution in [0.25, 0.3) is 0 Å². The van der Waals surface area contributed by atoms with Crippen LogP contribution in [0.2, 0.25) is 0 Å². The molecular formula is C8H15N3O2S2. The Morgan fingerprint density at radius 1 is 1.53 bits per heavy atom. The minimum atomic E-state index is -3.09. The molecule has 15 heavy (non-hydrogen) atoms. The summed E-state index contributed by atoms with van der Waals surface area (Å²) >= 11 is 1.55. The van der Waals surface area contributed by atoms with E-state index in [0.29, 0.717) is 13.1 Å². The maximum atomic E-state index is 11.4. The standard InChI is InChI=1S/C8H15N3O2S2/c1-11(2)15(12,13)6-4-9-7-8-10-3-5-14-8/h3,5,9H,4,6-7H2,1-2H3. The first-order valence-electron chi connectivity index (χ1n) is 4.51. The van der Waals surface area contributed by atoms with E-state index in [2.05, 4.69) is 10.3 Å². The van der Waals surface area contributed by atoms with Crippen LogP contribution < -0.4 is 5.32 Å². The average Bonchev–Trinajstić information content (AvgIpc) is 2.64. The highest BCUT2D eigenvalue weighted by molar-refractivity contribution is 7.89. The Balaban J connectivity index is 2.23. The van der Waals surface area contributed by atoms with Gasteiger partial charge in [0.05, 0.1) is 5.75 Å². The van der Waals surface area contributed by atoms with Crippen molar-refractivity contribution in [2.45, 2.75) is 6.54 Å². The van der Waals surface area contributed by atoms with E-state index in [0.717, 1.165) is 5.01 Å². The molecule has 86 valence electrons. The number of thiazole rings is 1. The monoisotopic (exact) mass is 249 g/mol. The third-order valence-corrected chi connectivity index (χ3v) is 4.47. The van der Waals surface area contributed by atoms with E-state index < -0.39 is 10.0 Å². The smallest absolute Gasteiger partial charge is 0.214 e. The quantitative estimate of drug-likeness (QED) is 0.728. The molecule has 1 aromatic rings. The number of hydrogen-bond acceptors (Lipinski definition) is 5. The fourth-order valence-corrected chi connectivity index (χ4v) is 2.27. The lowest BCUT2D eigenvalue weighted by atomic mass is 10.6. The van der Waals surface area contributed by atoms with Gasteiger partial charge in [-0.15, -0.1) is 11.3 Å². The number of sulfonamides is 1. The fourth-order valence-electron chi connectivity index (χ4n) is 0.919. The fraction of sp³-hybridized carbons (Fsp3) is 0.625. The molecule has 0 aliphatic carbocycles. The molecule has 0 aliphatic heterocycles. The summed E-state index contributed by atoms with van der Waals surface area (Å²) in [6.07, 6.45) is 1.73. The molecule has 1 aromatic heterocycles. The van der Waals surface area contributed by atoms with Crippen molar-refractivity contribution in [2.24, 2.45) is 0 Å². The minimum absolute atomic E-state index is 0.116. The van der Waals surface area contributed by atoms with Gasteiger partial charge in [-0.2, -0.15) is 0 Å². The van der Waals surface area contributed by atoms with Crippen LogP contribution in [0.3, 0.4) is 0 Å². The van der Waals surface area contributed by atoms with E-state index in [1.54, 1.807) is 17.5 Å². The lowest BCUT2D eigenvalue weighted by Crippen LogP contribution is -2.30. The molecule has 0 saturated carbocycles. The van der Waals surface area contributed by atoms with Crippen LogP contribution in [0.4, 0.5) is 0 Å². The summed E-state index contributed by atoms with van der Waals surface area (Å²) in [7, 11) is -0.00971. The number of rotatable bonds is 6. The summed E-state index contributed by atoms with van der Waals surface area (Å²) in [5, 5.41) is 5.91. The molecule has 0 saturated heterocycles. The molecule has 0 amide bonds. The molecule has 0 unspecified atom stereocenters. The van der Waals surface area contributed by atoms with Crippen LogP contribution in [0.15, 0.2) is 11.6 Å². The van der Waals surface area contributed by atoms with Gasteiger partial charge in [0.25, 0.3) is 0 Å². The van der Waals surface area contributed by atoms with Crippen LogP contribution in [-0.2, 0) is 16.6 Å². The van der Waals surface area contributed by atoms with Crippen molar-refractivity contribution < 1.29 is 8.42 Å². The largest absolute Gasteiger partial charge is 0.309 e.